The summed E-state index contributed by atoms with van der Waals surface area (Å²) in [5, 5.41) is 3.44. The van der Waals surface area contributed by atoms with E-state index in [9.17, 15) is 8.42 Å². The number of thioether (sulfide) groups is 1. The Morgan fingerprint density at radius 1 is 1.47 bits per heavy atom. The van der Waals surface area contributed by atoms with Crippen molar-refractivity contribution in [1.29, 1.82) is 0 Å². The predicted molar refractivity (Wildman–Crippen MR) is 76.4 cm³/mol. The van der Waals surface area contributed by atoms with Crippen LogP contribution in [0.1, 0.15) is 26.2 Å². The van der Waals surface area contributed by atoms with E-state index in [4.69, 9.17) is 0 Å². The highest BCUT2D eigenvalue weighted by Crippen LogP contribution is 2.28. The third-order valence-electron chi connectivity index (χ3n) is 3.46. The lowest BCUT2D eigenvalue weighted by Crippen LogP contribution is -2.30. The zero-order valence-electron chi connectivity index (χ0n) is 10.9. The third-order valence-corrected chi connectivity index (χ3v) is 5.90. The predicted octanol–water partition coefficient (Wildman–Crippen LogP) is 1.79. The van der Waals surface area contributed by atoms with Crippen molar-refractivity contribution in [2.45, 2.75) is 26.2 Å². The van der Waals surface area contributed by atoms with Crippen LogP contribution in [0.4, 0.5) is 0 Å². The lowest BCUT2D eigenvalue weighted by Gasteiger charge is -2.22. The van der Waals surface area contributed by atoms with Gasteiger partial charge in [-0.3, -0.25) is 0 Å². The largest absolute Gasteiger partial charge is 0.316 e. The van der Waals surface area contributed by atoms with Gasteiger partial charge in [0.1, 0.15) is 0 Å². The van der Waals surface area contributed by atoms with Crippen LogP contribution in [-0.2, 0) is 9.84 Å². The van der Waals surface area contributed by atoms with Gasteiger partial charge >= 0.3 is 0 Å². The minimum Gasteiger partial charge on any atom is -0.316 e. The minimum absolute atomic E-state index is 0.386. The van der Waals surface area contributed by atoms with Gasteiger partial charge in [0.15, 0.2) is 9.84 Å². The maximum Gasteiger partial charge on any atom is 0.150 e. The van der Waals surface area contributed by atoms with Crippen molar-refractivity contribution in [2.24, 2.45) is 11.8 Å². The first-order valence-corrected chi connectivity index (χ1v) is 9.70. The minimum atomic E-state index is -2.73. The number of hydrogen-bond acceptors (Lipinski definition) is 4. The van der Waals surface area contributed by atoms with Crippen molar-refractivity contribution in [2.75, 3.05) is 36.6 Å². The maximum atomic E-state index is 11.5. The molecule has 3 nitrogen and oxygen atoms in total. The fraction of sp³-hybridized carbons (Fsp3) is 1.00. The molecular formula is C12H25NO2S2. The molecule has 0 amide bonds. The van der Waals surface area contributed by atoms with Crippen molar-refractivity contribution in [3.8, 4) is 0 Å². The fourth-order valence-electron chi connectivity index (χ4n) is 2.43. The Hall–Kier alpha value is 0.260. The SMILES string of the molecule is CCCNCC(CCSC)C1CCS(=O)(=O)C1. The topological polar surface area (TPSA) is 46.2 Å². The summed E-state index contributed by atoms with van der Waals surface area (Å²) in [5.74, 6) is 2.87. The van der Waals surface area contributed by atoms with Crippen LogP contribution in [0.25, 0.3) is 0 Å². The van der Waals surface area contributed by atoms with Gasteiger partial charge in [-0.05, 0) is 56.2 Å². The quantitative estimate of drug-likeness (QED) is 0.688. The van der Waals surface area contributed by atoms with E-state index in [1.165, 1.54) is 0 Å². The molecule has 0 aromatic heterocycles. The number of sulfone groups is 1. The van der Waals surface area contributed by atoms with E-state index in [0.717, 1.165) is 38.1 Å². The molecule has 17 heavy (non-hydrogen) atoms. The second-order valence-electron chi connectivity index (χ2n) is 4.91. The molecule has 1 heterocycles. The van der Waals surface area contributed by atoms with Gasteiger partial charge in [-0.25, -0.2) is 8.42 Å². The summed E-state index contributed by atoms with van der Waals surface area (Å²) < 4.78 is 23.0. The van der Waals surface area contributed by atoms with Gasteiger partial charge in [-0.2, -0.15) is 11.8 Å². The number of rotatable bonds is 8. The molecule has 0 radical (unpaired) electrons. The second kappa shape index (κ2) is 7.64. The lowest BCUT2D eigenvalue weighted by molar-refractivity contribution is 0.338. The van der Waals surface area contributed by atoms with Crippen molar-refractivity contribution in [3.05, 3.63) is 0 Å². The first-order chi connectivity index (χ1) is 8.09. The second-order valence-corrected chi connectivity index (χ2v) is 8.12. The molecule has 1 fully saturated rings. The molecule has 0 saturated carbocycles. The van der Waals surface area contributed by atoms with E-state index >= 15 is 0 Å². The molecule has 102 valence electrons. The van der Waals surface area contributed by atoms with E-state index in [-0.39, 0.29) is 0 Å². The number of nitrogens with one attached hydrogen (secondary N) is 1. The fourth-order valence-corrected chi connectivity index (χ4v) is 4.89. The van der Waals surface area contributed by atoms with Crippen molar-refractivity contribution in [1.82, 2.24) is 5.32 Å². The molecule has 1 rings (SSSR count). The summed E-state index contributed by atoms with van der Waals surface area (Å²) in [7, 11) is -2.73. The average molecular weight is 279 g/mol. The Bertz CT molecular complexity index is 304. The summed E-state index contributed by atoms with van der Waals surface area (Å²) in [4.78, 5) is 0. The van der Waals surface area contributed by atoms with Gasteiger partial charge < -0.3 is 5.32 Å². The standard InChI is InChI=1S/C12H25NO2S2/c1-3-6-13-9-11(4-7-16-2)12-5-8-17(14,15)10-12/h11-13H,3-10H2,1-2H3. The summed E-state index contributed by atoms with van der Waals surface area (Å²) >= 11 is 1.85. The molecule has 1 aliphatic rings. The lowest BCUT2D eigenvalue weighted by atomic mass is 9.89. The first-order valence-electron chi connectivity index (χ1n) is 6.49. The Morgan fingerprint density at radius 3 is 2.76 bits per heavy atom. The Labute approximate surface area is 110 Å². The molecule has 2 atom stereocenters. The van der Waals surface area contributed by atoms with Crippen LogP contribution >= 0.6 is 11.8 Å². The normalized spacial score (nSPS) is 24.9. The zero-order valence-corrected chi connectivity index (χ0v) is 12.6. The van der Waals surface area contributed by atoms with E-state index in [2.05, 4.69) is 18.5 Å². The third kappa shape index (κ3) is 5.62. The average Bonchev–Trinajstić information content (AvgIpc) is 2.64. The van der Waals surface area contributed by atoms with Crippen molar-refractivity contribution in [3.63, 3.8) is 0 Å². The maximum absolute atomic E-state index is 11.5. The molecule has 5 heteroatoms. The molecule has 0 aromatic carbocycles. The molecule has 0 spiro atoms. The van der Waals surface area contributed by atoms with Crippen molar-refractivity contribution >= 4 is 21.6 Å². The summed E-state index contributed by atoms with van der Waals surface area (Å²) in [6.07, 6.45) is 5.26. The first kappa shape index (κ1) is 15.3. The van der Waals surface area contributed by atoms with E-state index < -0.39 is 9.84 Å². The van der Waals surface area contributed by atoms with Gasteiger partial charge in [0, 0.05) is 0 Å². The summed E-state index contributed by atoms with van der Waals surface area (Å²) in [6.45, 7) is 4.17. The Balaban J connectivity index is 2.44. The Morgan fingerprint density at radius 2 is 2.24 bits per heavy atom. The molecule has 0 aliphatic carbocycles. The summed E-state index contributed by atoms with van der Waals surface area (Å²) in [5.41, 5.74) is 0. The van der Waals surface area contributed by atoms with Crippen LogP contribution in [0.5, 0.6) is 0 Å². The van der Waals surface area contributed by atoms with Gasteiger partial charge in [0.05, 0.1) is 11.5 Å². The molecule has 1 saturated heterocycles. The highest BCUT2D eigenvalue weighted by Gasteiger charge is 2.32. The van der Waals surface area contributed by atoms with Crippen LogP contribution in [0.3, 0.4) is 0 Å². The Kier molecular flexibility index (Phi) is 6.89. The van der Waals surface area contributed by atoms with Crippen LogP contribution in [0.2, 0.25) is 0 Å². The smallest absolute Gasteiger partial charge is 0.150 e. The van der Waals surface area contributed by atoms with Gasteiger partial charge in [0.2, 0.25) is 0 Å². The number of hydrogen-bond donors (Lipinski definition) is 1. The zero-order chi connectivity index (χ0) is 12.7. The summed E-state index contributed by atoms with van der Waals surface area (Å²) in [6, 6.07) is 0. The molecular weight excluding hydrogens is 254 g/mol. The molecule has 0 bridgehead atoms. The van der Waals surface area contributed by atoms with Gasteiger partial charge in [0.25, 0.3) is 0 Å². The van der Waals surface area contributed by atoms with Crippen LogP contribution in [0.15, 0.2) is 0 Å². The van der Waals surface area contributed by atoms with Gasteiger partial charge in [-0.15, -0.1) is 0 Å². The van der Waals surface area contributed by atoms with Crippen molar-refractivity contribution < 1.29 is 8.42 Å². The van der Waals surface area contributed by atoms with Crippen LogP contribution < -0.4 is 5.32 Å². The molecule has 1 N–H and O–H groups in total. The molecule has 1 aliphatic heterocycles. The van der Waals surface area contributed by atoms with Gasteiger partial charge in [-0.1, -0.05) is 6.92 Å². The van der Waals surface area contributed by atoms with E-state index in [0.29, 0.717) is 23.3 Å². The van der Waals surface area contributed by atoms with E-state index in [1.54, 1.807) is 0 Å². The van der Waals surface area contributed by atoms with E-state index in [1.807, 2.05) is 11.8 Å². The van der Waals surface area contributed by atoms with Crippen LogP contribution in [0, 0.1) is 11.8 Å². The van der Waals surface area contributed by atoms with Crippen LogP contribution in [-0.4, -0.2) is 45.0 Å². The monoisotopic (exact) mass is 279 g/mol. The highest BCUT2D eigenvalue weighted by molar-refractivity contribution is 7.98. The molecule has 2 unspecified atom stereocenters. The molecule has 0 aromatic rings. The highest BCUT2D eigenvalue weighted by atomic mass is 32.2.